The van der Waals surface area contributed by atoms with E-state index in [-0.39, 0.29) is 36.9 Å². The quantitative estimate of drug-likeness (QED) is 0.260. The molecule has 2 N–H and O–H groups in total. The molecule has 3 rings (SSSR count). The summed E-state index contributed by atoms with van der Waals surface area (Å²) in [5.74, 6) is -2.59. The van der Waals surface area contributed by atoms with E-state index in [1.165, 1.54) is 0 Å². The van der Waals surface area contributed by atoms with Crippen molar-refractivity contribution in [1.29, 1.82) is 0 Å². The minimum atomic E-state index is -0.727. The van der Waals surface area contributed by atoms with Crippen LogP contribution in [0.1, 0.15) is 47.0 Å². The summed E-state index contributed by atoms with van der Waals surface area (Å²) in [5.41, 5.74) is 1.74. The first-order valence-corrected chi connectivity index (χ1v) is 13.3. The van der Waals surface area contributed by atoms with E-state index in [4.69, 9.17) is 4.74 Å². The summed E-state index contributed by atoms with van der Waals surface area (Å²) in [7, 11) is 0. The minimum Gasteiger partial charge on any atom is -0.466 e. The third kappa shape index (κ3) is 5.75. The molecule has 1 aliphatic carbocycles. The van der Waals surface area contributed by atoms with Gasteiger partial charge in [0.25, 0.3) is 0 Å². The molecule has 0 saturated carbocycles. The molecule has 0 radical (unpaired) electrons. The molecule has 0 spiro atoms. The fraction of sp³-hybridized carbons (Fsp3) is 0.607. The van der Waals surface area contributed by atoms with Gasteiger partial charge in [-0.2, -0.15) is 0 Å². The highest BCUT2D eigenvalue weighted by Gasteiger charge is 2.57. The second-order valence-corrected chi connectivity index (χ2v) is 9.45. The Bertz CT molecular complexity index is 928. The summed E-state index contributed by atoms with van der Waals surface area (Å²) in [6.07, 6.45) is 5.75. The van der Waals surface area contributed by atoms with Gasteiger partial charge in [-0.25, -0.2) is 0 Å². The Hall–Kier alpha value is -2.87. The fourth-order valence-corrected chi connectivity index (χ4v) is 5.64. The first kappa shape index (κ1) is 27.7. The monoisotopic (exact) mass is 499 g/mol. The van der Waals surface area contributed by atoms with Gasteiger partial charge in [0.2, 0.25) is 11.8 Å². The number of nitrogens with one attached hydrogen (secondary N) is 1. The van der Waals surface area contributed by atoms with Crippen LogP contribution in [0.25, 0.3) is 0 Å². The SMILES string of the molecule is CCOC(=O)[C@H]1[C@H]2C(=O)N(CCCCO)[C@H](C(=O)Nc3ccc(N(CC)CC)cc3)[C@H]2C=C[C@H]1CC. The number of amides is 2. The van der Waals surface area contributed by atoms with Gasteiger partial charge in [-0.15, -0.1) is 0 Å². The number of ether oxygens (including phenoxy) is 1. The number of nitrogens with zero attached hydrogens (tertiary/aromatic N) is 2. The molecule has 1 saturated heterocycles. The predicted octanol–water partition coefficient (Wildman–Crippen LogP) is 3.46. The molecule has 36 heavy (non-hydrogen) atoms. The number of carbonyl (C=O) groups excluding carboxylic acids is 3. The van der Waals surface area contributed by atoms with E-state index in [1.807, 2.05) is 43.3 Å². The van der Waals surface area contributed by atoms with Gasteiger partial charge in [0.1, 0.15) is 6.04 Å². The van der Waals surface area contributed by atoms with Crippen LogP contribution in [0.5, 0.6) is 0 Å². The molecular formula is C28H41N3O5. The number of unbranched alkanes of at least 4 members (excludes halogenated alkanes) is 1. The molecule has 5 atom stereocenters. The molecule has 1 aliphatic heterocycles. The Balaban J connectivity index is 1.89. The van der Waals surface area contributed by atoms with Crippen molar-refractivity contribution in [2.24, 2.45) is 23.7 Å². The van der Waals surface area contributed by atoms with Crippen molar-refractivity contribution < 1.29 is 24.2 Å². The second kappa shape index (κ2) is 12.9. The zero-order valence-electron chi connectivity index (χ0n) is 22.0. The number of fused-ring (bicyclic) bond motifs is 1. The number of anilines is 2. The average Bonchev–Trinajstić information content (AvgIpc) is 3.17. The summed E-state index contributed by atoms with van der Waals surface area (Å²) >= 11 is 0. The largest absolute Gasteiger partial charge is 0.466 e. The van der Waals surface area contributed by atoms with E-state index in [0.717, 1.165) is 18.8 Å². The van der Waals surface area contributed by atoms with Gasteiger partial charge < -0.3 is 25.0 Å². The first-order valence-electron chi connectivity index (χ1n) is 13.3. The zero-order chi connectivity index (χ0) is 26.2. The predicted molar refractivity (Wildman–Crippen MR) is 140 cm³/mol. The zero-order valence-corrected chi connectivity index (χ0v) is 22.0. The summed E-state index contributed by atoms with van der Waals surface area (Å²) in [6.45, 7) is 10.4. The van der Waals surface area contributed by atoms with Crippen LogP contribution in [0.4, 0.5) is 11.4 Å². The number of hydrogen-bond acceptors (Lipinski definition) is 6. The number of likely N-dealkylation sites (tertiary alicyclic amines) is 1. The van der Waals surface area contributed by atoms with Crippen LogP contribution in [0.15, 0.2) is 36.4 Å². The molecule has 8 heteroatoms. The lowest BCUT2D eigenvalue weighted by Crippen LogP contribution is -2.44. The van der Waals surface area contributed by atoms with Gasteiger partial charge in [-0.3, -0.25) is 14.4 Å². The number of hydrogen-bond donors (Lipinski definition) is 2. The molecular weight excluding hydrogens is 458 g/mol. The van der Waals surface area contributed by atoms with Gasteiger partial charge in [0.05, 0.1) is 18.4 Å². The number of aliphatic hydroxyl groups is 1. The first-order chi connectivity index (χ1) is 17.4. The van der Waals surface area contributed by atoms with E-state index in [1.54, 1.807) is 11.8 Å². The molecule has 198 valence electrons. The second-order valence-electron chi connectivity index (χ2n) is 9.45. The maximum atomic E-state index is 13.7. The Morgan fingerprint density at radius 2 is 1.75 bits per heavy atom. The fourth-order valence-electron chi connectivity index (χ4n) is 5.64. The molecule has 1 aromatic carbocycles. The lowest BCUT2D eigenvalue weighted by Gasteiger charge is -2.33. The normalized spacial score (nSPS) is 25.0. The smallest absolute Gasteiger partial charge is 0.310 e. The number of carbonyl (C=O) groups is 3. The van der Waals surface area contributed by atoms with Crippen molar-refractivity contribution >= 4 is 29.2 Å². The molecule has 8 nitrogen and oxygen atoms in total. The summed E-state index contributed by atoms with van der Waals surface area (Å²) in [6, 6.07) is 6.98. The lowest BCUT2D eigenvalue weighted by atomic mass is 9.69. The van der Waals surface area contributed by atoms with E-state index in [0.29, 0.717) is 31.5 Å². The minimum absolute atomic E-state index is 0.0217. The maximum Gasteiger partial charge on any atom is 0.310 e. The maximum absolute atomic E-state index is 13.7. The van der Waals surface area contributed by atoms with Gasteiger partial charge in [-0.1, -0.05) is 19.1 Å². The van der Waals surface area contributed by atoms with Gasteiger partial charge in [0, 0.05) is 43.5 Å². The number of allylic oxidation sites excluding steroid dienone is 1. The van der Waals surface area contributed by atoms with Crippen LogP contribution in [0.3, 0.4) is 0 Å². The van der Waals surface area contributed by atoms with Gasteiger partial charge in [-0.05, 0) is 70.2 Å². The average molecular weight is 500 g/mol. The van der Waals surface area contributed by atoms with Gasteiger partial charge >= 0.3 is 5.97 Å². The van der Waals surface area contributed by atoms with Crippen LogP contribution in [-0.2, 0) is 19.1 Å². The standard InChI is InChI=1S/C28H41N3O5/c1-5-19-11-16-22-24(23(19)28(35)36-8-4)27(34)31(17-9-10-18-32)25(22)26(33)29-20-12-14-21(15-13-20)30(6-2)7-3/h11-16,19,22-25,32H,5-10,17-18H2,1-4H3,(H,29,33)/t19-,22+,23-,24+,25+/m1/s1. The van der Waals surface area contributed by atoms with Crippen LogP contribution in [0, 0.1) is 23.7 Å². The Kier molecular flexibility index (Phi) is 9.93. The molecule has 2 aliphatic rings. The van der Waals surface area contributed by atoms with Crippen LogP contribution in [-0.4, -0.2) is 66.7 Å². The Morgan fingerprint density at radius 1 is 1.06 bits per heavy atom. The third-order valence-electron chi connectivity index (χ3n) is 7.48. The van der Waals surface area contributed by atoms with Crippen molar-refractivity contribution in [3.05, 3.63) is 36.4 Å². The van der Waals surface area contributed by atoms with E-state index in [2.05, 4.69) is 24.1 Å². The summed E-state index contributed by atoms with van der Waals surface area (Å²) < 4.78 is 5.36. The summed E-state index contributed by atoms with van der Waals surface area (Å²) in [5, 5.41) is 12.3. The van der Waals surface area contributed by atoms with Crippen molar-refractivity contribution in [2.45, 2.75) is 53.0 Å². The number of aliphatic hydroxyl groups excluding tert-OH is 1. The number of benzene rings is 1. The van der Waals surface area contributed by atoms with Crippen molar-refractivity contribution in [2.75, 3.05) is 43.1 Å². The van der Waals surface area contributed by atoms with Crippen molar-refractivity contribution in [1.82, 2.24) is 4.90 Å². The highest BCUT2D eigenvalue weighted by Crippen LogP contribution is 2.45. The number of rotatable bonds is 12. The van der Waals surface area contributed by atoms with E-state index >= 15 is 0 Å². The van der Waals surface area contributed by atoms with Crippen molar-refractivity contribution in [3.8, 4) is 0 Å². The lowest BCUT2D eigenvalue weighted by molar-refractivity contribution is -0.155. The highest BCUT2D eigenvalue weighted by atomic mass is 16.5. The molecule has 0 bridgehead atoms. The van der Waals surface area contributed by atoms with E-state index < -0.39 is 23.8 Å². The van der Waals surface area contributed by atoms with Gasteiger partial charge in [0.15, 0.2) is 0 Å². The third-order valence-corrected chi connectivity index (χ3v) is 7.48. The molecule has 0 aromatic heterocycles. The Morgan fingerprint density at radius 3 is 2.33 bits per heavy atom. The number of esters is 1. The van der Waals surface area contributed by atoms with Crippen LogP contribution >= 0.6 is 0 Å². The molecule has 1 fully saturated rings. The molecule has 2 amide bonds. The molecule has 1 aromatic rings. The molecule has 0 unspecified atom stereocenters. The van der Waals surface area contributed by atoms with Crippen LogP contribution in [0.2, 0.25) is 0 Å². The van der Waals surface area contributed by atoms with Crippen LogP contribution < -0.4 is 10.2 Å². The highest BCUT2D eigenvalue weighted by molar-refractivity contribution is 6.01. The van der Waals surface area contributed by atoms with E-state index in [9.17, 15) is 19.5 Å². The molecule has 1 heterocycles. The topological polar surface area (TPSA) is 99.2 Å². The Labute approximate surface area is 214 Å². The summed E-state index contributed by atoms with van der Waals surface area (Å²) in [4.78, 5) is 44.1. The van der Waals surface area contributed by atoms with Crippen molar-refractivity contribution in [3.63, 3.8) is 0 Å².